The summed E-state index contributed by atoms with van der Waals surface area (Å²) < 4.78 is 5.55. The van der Waals surface area contributed by atoms with Gasteiger partial charge in [-0.2, -0.15) is 0 Å². The summed E-state index contributed by atoms with van der Waals surface area (Å²) in [6, 6.07) is 0.459. The lowest BCUT2D eigenvalue weighted by molar-refractivity contribution is 0.0375. The second kappa shape index (κ2) is 11.7. The molecule has 1 heterocycles. The van der Waals surface area contributed by atoms with E-state index in [-0.39, 0.29) is 0 Å². The Kier molecular flexibility index (Phi) is 10.4. The highest BCUT2D eigenvalue weighted by Crippen LogP contribution is 2.21. The fourth-order valence-electron chi connectivity index (χ4n) is 3.04. The summed E-state index contributed by atoms with van der Waals surface area (Å²) in [5.41, 5.74) is 3.01. The molecule has 1 aliphatic rings. The summed E-state index contributed by atoms with van der Waals surface area (Å²) in [7, 11) is 0. The van der Waals surface area contributed by atoms with Crippen LogP contribution in [0.25, 0.3) is 0 Å². The van der Waals surface area contributed by atoms with Crippen molar-refractivity contribution >= 4 is 0 Å². The van der Waals surface area contributed by atoms with E-state index in [2.05, 4.69) is 12.3 Å². The number of ether oxygens (including phenoxy) is 1. The molecule has 3 nitrogen and oxygen atoms in total. The van der Waals surface area contributed by atoms with Gasteiger partial charge in [-0.15, -0.1) is 0 Å². The van der Waals surface area contributed by atoms with Crippen LogP contribution in [0.3, 0.4) is 0 Å². The molecule has 0 spiro atoms. The molecule has 0 aromatic carbocycles. The molecule has 0 amide bonds. The second-order valence-electron chi connectivity index (χ2n) is 6.01. The predicted molar refractivity (Wildman–Crippen MR) is 81.9 cm³/mol. The van der Waals surface area contributed by atoms with Crippen molar-refractivity contribution in [1.29, 1.82) is 0 Å². The Labute approximate surface area is 119 Å². The highest BCUT2D eigenvalue weighted by molar-refractivity contribution is 4.76. The molecular weight excluding hydrogens is 236 g/mol. The molecule has 1 fully saturated rings. The van der Waals surface area contributed by atoms with Gasteiger partial charge in [-0.25, -0.2) is 0 Å². The standard InChI is InChI=1S/C16H34N2O/c1-2-3-4-5-6-7-8-9-12-16(18-17)15-11-10-13-19-14-15/h15-16,18H,2-14,17H2,1H3. The van der Waals surface area contributed by atoms with Gasteiger partial charge in [0.1, 0.15) is 0 Å². The third-order valence-corrected chi connectivity index (χ3v) is 4.35. The van der Waals surface area contributed by atoms with Crippen LogP contribution in [0.2, 0.25) is 0 Å². The van der Waals surface area contributed by atoms with E-state index in [1.54, 1.807) is 0 Å². The van der Waals surface area contributed by atoms with E-state index in [9.17, 15) is 0 Å². The van der Waals surface area contributed by atoms with Crippen molar-refractivity contribution in [3.63, 3.8) is 0 Å². The molecule has 0 radical (unpaired) electrons. The summed E-state index contributed by atoms with van der Waals surface area (Å²) in [5.74, 6) is 6.32. The number of hydrazine groups is 1. The van der Waals surface area contributed by atoms with Gasteiger partial charge in [0.25, 0.3) is 0 Å². The molecule has 0 bridgehead atoms. The normalized spacial score (nSPS) is 21.5. The quantitative estimate of drug-likeness (QED) is 0.341. The smallest absolute Gasteiger partial charge is 0.0509 e. The zero-order valence-electron chi connectivity index (χ0n) is 12.8. The third kappa shape index (κ3) is 7.91. The van der Waals surface area contributed by atoms with Crippen LogP contribution in [0.5, 0.6) is 0 Å². The minimum atomic E-state index is 0.459. The summed E-state index contributed by atoms with van der Waals surface area (Å²) in [6.45, 7) is 4.10. The maximum Gasteiger partial charge on any atom is 0.0509 e. The predicted octanol–water partition coefficient (Wildman–Crippen LogP) is 3.78. The molecule has 0 saturated carbocycles. The Bertz CT molecular complexity index is 193. The lowest BCUT2D eigenvalue weighted by Crippen LogP contribution is -2.43. The number of unbranched alkanes of at least 4 members (excludes halogenated alkanes) is 7. The van der Waals surface area contributed by atoms with Crippen molar-refractivity contribution in [2.24, 2.45) is 11.8 Å². The first-order chi connectivity index (χ1) is 9.38. The number of rotatable bonds is 11. The van der Waals surface area contributed by atoms with Crippen molar-refractivity contribution in [2.45, 2.75) is 83.6 Å². The highest BCUT2D eigenvalue weighted by atomic mass is 16.5. The molecule has 2 atom stereocenters. The lowest BCUT2D eigenvalue weighted by Gasteiger charge is -2.29. The van der Waals surface area contributed by atoms with Crippen LogP contribution >= 0.6 is 0 Å². The molecule has 114 valence electrons. The van der Waals surface area contributed by atoms with Crippen LogP contribution in [0.1, 0.15) is 77.6 Å². The molecule has 19 heavy (non-hydrogen) atoms. The number of hydrogen-bond acceptors (Lipinski definition) is 3. The second-order valence-corrected chi connectivity index (χ2v) is 6.01. The van der Waals surface area contributed by atoms with E-state index in [1.807, 2.05) is 0 Å². The SMILES string of the molecule is CCCCCCCCCCC(NN)C1CCCOC1. The van der Waals surface area contributed by atoms with Gasteiger partial charge in [0.05, 0.1) is 6.61 Å². The Balaban J connectivity index is 1.96. The van der Waals surface area contributed by atoms with Gasteiger partial charge >= 0.3 is 0 Å². The van der Waals surface area contributed by atoms with Crippen molar-refractivity contribution in [2.75, 3.05) is 13.2 Å². The van der Waals surface area contributed by atoms with Crippen molar-refractivity contribution < 1.29 is 4.74 Å². The van der Waals surface area contributed by atoms with Crippen LogP contribution in [-0.2, 0) is 4.74 Å². The molecule has 1 rings (SSSR count). The van der Waals surface area contributed by atoms with E-state index < -0.39 is 0 Å². The van der Waals surface area contributed by atoms with Gasteiger partial charge in [-0.1, -0.05) is 58.3 Å². The maximum atomic E-state index is 5.69. The third-order valence-electron chi connectivity index (χ3n) is 4.35. The van der Waals surface area contributed by atoms with Crippen LogP contribution in [0.15, 0.2) is 0 Å². The topological polar surface area (TPSA) is 47.3 Å². The molecule has 0 aromatic rings. The summed E-state index contributed by atoms with van der Waals surface area (Å²) in [5, 5.41) is 0. The molecule has 2 unspecified atom stereocenters. The fraction of sp³-hybridized carbons (Fsp3) is 1.00. The van der Waals surface area contributed by atoms with Crippen LogP contribution in [-0.4, -0.2) is 19.3 Å². The minimum absolute atomic E-state index is 0.459. The summed E-state index contributed by atoms with van der Waals surface area (Å²) in [6.07, 6.45) is 14.7. The Morgan fingerprint density at radius 1 is 1.11 bits per heavy atom. The number of nitrogens with two attached hydrogens (primary N) is 1. The van der Waals surface area contributed by atoms with Gasteiger partial charge in [0, 0.05) is 12.6 Å². The van der Waals surface area contributed by atoms with E-state index in [0.29, 0.717) is 12.0 Å². The van der Waals surface area contributed by atoms with Gasteiger partial charge in [0.2, 0.25) is 0 Å². The van der Waals surface area contributed by atoms with E-state index in [1.165, 1.54) is 70.6 Å². The Morgan fingerprint density at radius 3 is 2.37 bits per heavy atom. The van der Waals surface area contributed by atoms with Gasteiger partial charge in [0.15, 0.2) is 0 Å². The van der Waals surface area contributed by atoms with Gasteiger partial charge in [-0.05, 0) is 25.2 Å². The zero-order valence-corrected chi connectivity index (χ0v) is 12.8. The maximum absolute atomic E-state index is 5.69. The van der Waals surface area contributed by atoms with E-state index in [4.69, 9.17) is 10.6 Å². The van der Waals surface area contributed by atoms with Crippen LogP contribution in [0.4, 0.5) is 0 Å². The number of hydrogen-bond donors (Lipinski definition) is 2. The average Bonchev–Trinajstić information content (AvgIpc) is 2.47. The summed E-state index contributed by atoms with van der Waals surface area (Å²) >= 11 is 0. The van der Waals surface area contributed by atoms with Crippen molar-refractivity contribution in [1.82, 2.24) is 5.43 Å². The Morgan fingerprint density at radius 2 is 1.79 bits per heavy atom. The first-order valence-electron chi connectivity index (χ1n) is 8.42. The molecule has 1 aliphatic heterocycles. The van der Waals surface area contributed by atoms with Crippen molar-refractivity contribution in [3.8, 4) is 0 Å². The lowest BCUT2D eigenvalue weighted by atomic mass is 9.90. The zero-order chi connectivity index (χ0) is 13.8. The first-order valence-corrected chi connectivity index (χ1v) is 8.42. The molecular formula is C16H34N2O. The van der Waals surface area contributed by atoms with Crippen LogP contribution < -0.4 is 11.3 Å². The summed E-state index contributed by atoms with van der Waals surface area (Å²) in [4.78, 5) is 0. The highest BCUT2D eigenvalue weighted by Gasteiger charge is 2.22. The van der Waals surface area contributed by atoms with Crippen LogP contribution in [0, 0.1) is 5.92 Å². The minimum Gasteiger partial charge on any atom is -0.381 e. The van der Waals surface area contributed by atoms with E-state index >= 15 is 0 Å². The molecule has 0 aromatic heterocycles. The fourth-order valence-corrected chi connectivity index (χ4v) is 3.04. The largest absolute Gasteiger partial charge is 0.381 e. The monoisotopic (exact) mass is 270 g/mol. The van der Waals surface area contributed by atoms with E-state index in [0.717, 1.165) is 13.2 Å². The van der Waals surface area contributed by atoms with Gasteiger partial charge in [-0.3, -0.25) is 11.3 Å². The molecule has 0 aliphatic carbocycles. The average molecular weight is 270 g/mol. The Hall–Kier alpha value is -0.120. The molecule has 3 N–H and O–H groups in total. The molecule has 3 heteroatoms. The van der Waals surface area contributed by atoms with Gasteiger partial charge < -0.3 is 4.74 Å². The van der Waals surface area contributed by atoms with Crippen molar-refractivity contribution in [3.05, 3.63) is 0 Å². The first kappa shape index (κ1) is 16.9. The number of nitrogens with one attached hydrogen (secondary N) is 1. The molecule has 1 saturated heterocycles.